The molecular formula is C11H13N3OS. The third-order valence-electron chi connectivity index (χ3n) is 2.61. The number of carbonyl (C=O) groups excluding carboxylic acids is 1. The number of hydrogen-bond donors (Lipinski definition) is 0. The summed E-state index contributed by atoms with van der Waals surface area (Å²) in [4.78, 5) is 17.8. The van der Waals surface area contributed by atoms with Crippen LogP contribution in [0.25, 0.3) is 0 Å². The van der Waals surface area contributed by atoms with E-state index in [0.29, 0.717) is 24.6 Å². The molecule has 1 aromatic heterocycles. The second kappa shape index (κ2) is 5.08. The lowest BCUT2D eigenvalue weighted by Crippen LogP contribution is -2.33. The normalized spacial score (nSPS) is 14.4. The smallest absolute Gasteiger partial charge is 0.273 e. The van der Waals surface area contributed by atoms with Gasteiger partial charge in [0.1, 0.15) is 5.69 Å². The van der Waals surface area contributed by atoms with E-state index in [-0.39, 0.29) is 5.91 Å². The van der Waals surface area contributed by atoms with Gasteiger partial charge in [0.25, 0.3) is 5.91 Å². The SMILES string of the molecule is N#CCCN(CC1CC1)C(=O)c1cscn1. The van der Waals surface area contributed by atoms with E-state index in [1.165, 1.54) is 24.2 Å². The number of hydrogen-bond acceptors (Lipinski definition) is 4. The van der Waals surface area contributed by atoms with Crippen molar-refractivity contribution in [3.05, 3.63) is 16.6 Å². The predicted octanol–water partition coefficient (Wildman–Crippen LogP) is 1.91. The van der Waals surface area contributed by atoms with Gasteiger partial charge in [-0.05, 0) is 18.8 Å². The Hall–Kier alpha value is -1.41. The molecule has 16 heavy (non-hydrogen) atoms. The van der Waals surface area contributed by atoms with Crippen molar-refractivity contribution in [2.75, 3.05) is 13.1 Å². The first-order valence-corrected chi connectivity index (χ1v) is 6.30. The van der Waals surface area contributed by atoms with Crippen molar-refractivity contribution in [2.45, 2.75) is 19.3 Å². The summed E-state index contributed by atoms with van der Waals surface area (Å²) in [5, 5.41) is 10.3. The van der Waals surface area contributed by atoms with Crippen molar-refractivity contribution in [2.24, 2.45) is 5.92 Å². The van der Waals surface area contributed by atoms with E-state index in [0.717, 1.165) is 6.54 Å². The van der Waals surface area contributed by atoms with Gasteiger partial charge in [0.15, 0.2) is 0 Å². The lowest BCUT2D eigenvalue weighted by Gasteiger charge is -2.20. The highest BCUT2D eigenvalue weighted by atomic mass is 32.1. The van der Waals surface area contributed by atoms with Crippen LogP contribution in [0, 0.1) is 17.2 Å². The second-order valence-electron chi connectivity index (χ2n) is 3.98. The first kappa shape index (κ1) is 11.1. The fourth-order valence-electron chi connectivity index (χ4n) is 1.55. The monoisotopic (exact) mass is 235 g/mol. The van der Waals surface area contributed by atoms with Crippen molar-refractivity contribution < 1.29 is 4.79 Å². The molecule has 1 saturated carbocycles. The van der Waals surface area contributed by atoms with Crippen molar-refractivity contribution in [1.29, 1.82) is 5.26 Å². The summed E-state index contributed by atoms with van der Waals surface area (Å²) in [6.07, 6.45) is 2.80. The van der Waals surface area contributed by atoms with Crippen LogP contribution in [0.3, 0.4) is 0 Å². The molecule has 4 nitrogen and oxygen atoms in total. The molecule has 0 aliphatic heterocycles. The maximum atomic E-state index is 12.0. The zero-order valence-electron chi connectivity index (χ0n) is 8.93. The summed E-state index contributed by atoms with van der Waals surface area (Å²) >= 11 is 1.42. The summed E-state index contributed by atoms with van der Waals surface area (Å²) in [5.41, 5.74) is 2.16. The molecule has 1 amide bonds. The lowest BCUT2D eigenvalue weighted by atomic mass is 10.3. The highest BCUT2D eigenvalue weighted by Crippen LogP contribution is 2.30. The van der Waals surface area contributed by atoms with Crippen LogP contribution in [-0.4, -0.2) is 28.9 Å². The Morgan fingerprint density at radius 1 is 1.69 bits per heavy atom. The minimum Gasteiger partial charge on any atom is -0.336 e. The Labute approximate surface area is 98.5 Å². The molecule has 0 bridgehead atoms. The molecule has 2 rings (SSSR count). The molecule has 1 fully saturated rings. The van der Waals surface area contributed by atoms with Gasteiger partial charge >= 0.3 is 0 Å². The van der Waals surface area contributed by atoms with Crippen LogP contribution in [0.15, 0.2) is 10.9 Å². The van der Waals surface area contributed by atoms with E-state index in [2.05, 4.69) is 11.1 Å². The number of carbonyl (C=O) groups is 1. The number of aromatic nitrogens is 1. The standard InChI is InChI=1S/C11H13N3OS/c12-4-1-5-14(6-9-2-3-9)11(15)10-7-16-8-13-10/h7-9H,1-3,5-6H2. The zero-order chi connectivity index (χ0) is 11.4. The predicted molar refractivity (Wildman–Crippen MR) is 61.0 cm³/mol. The van der Waals surface area contributed by atoms with E-state index < -0.39 is 0 Å². The summed E-state index contributed by atoms with van der Waals surface area (Å²) in [6, 6.07) is 2.08. The Kier molecular flexibility index (Phi) is 3.52. The fourth-order valence-corrected chi connectivity index (χ4v) is 2.08. The van der Waals surface area contributed by atoms with Gasteiger partial charge in [-0.3, -0.25) is 4.79 Å². The maximum Gasteiger partial charge on any atom is 0.273 e. The van der Waals surface area contributed by atoms with E-state index in [4.69, 9.17) is 5.26 Å². The fraction of sp³-hybridized carbons (Fsp3) is 0.545. The van der Waals surface area contributed by atoms with Crippen LogP contribution in [0.5, 0.6) is 0 Å². The van der Waals surface area contributed by atoms with E-state index in [9.17, 15) is 4.79 Å². The van der Waals surface area contributed by atoms with Crippen molar-refractivity contribution in [3.63, 3.8) is 0 Å². The van der Waals surface area contributed by atoms with E-state index >= 15 is 0 Å². The van der Waals surface area contributed by atoms with Crippen LogP contribution in [-0.2, 0) is 0 Å². The highest BCUT2D eigenvalue weighted by Gasteiger charge is 2.27. The number of rotatable bonds is 5. The molecule has 1 aliphatic carbocycles. The van der Waals surface area contributed by atoms with Gasteiger partial charge in [0, 0.05) is 18.5 Å². The number of nitriles is 1. The van der Waals surface area contributed by atoms with Gasteiger partial charge in [-0.1, -0.05) is 0 Å². The first-order chi connectivity index (χ1) is 7.81. The van der Waals surface area contributed by atoms with Crippen molar-refractivity contribution in [3.8, 4) is 6.07 Å². The van der Waals surface area contributed by atoms with E-state index in [1.807, 2.05) is 0 Å². The van der Waals surface area contributed by atoms with Crippen molar-refractivity contribution in [1.82, 2.24) is 9.88 Å². The molecule has 0 unspecified atom stereocenters. The molecule has 0 saturated heterocycles. The Morgan fingerprint density at radius 2 is 2.50 bits per heavy atom. The lowest BCUT2D eigenvalue weighted by molar-refractivity contribution is 0.0746. The molecule has 0 spiro atoms. The van der Waals surface area contributed by atoms with Crippen LogP contribution >= 0.6 is 11.3 Å². The number of amides is 1. The van der Waals surface area contributed by atoms with Crippen molar-refractivity contribution >= 4 is 17.2 Å². The molecule has 1 aromatic rings. The minimum absolute atomic E-state index is 0.0385. The number of nitrogens with zero attached hydrogens (tertiary/aromatic N) is 3. The average Bonchev–Trinajstić information content (AvgIpc) is 2.94. The Bertz CT molecular complexity index is 392. The summed E-state index contributed by atoms with van der Waals surface area (Å²) in [5.74, 6) is 0.602. The van der Waals surface area contributed by atoms with Gasteiger partial charge in [-0.2, -0.15) is 5.26 Å². The molecule has 1 aliphatic rings. The quantitative estimate of drug-likeness (QED) is 0.783. The van der Waals surface area contributed by atoms with Gasteiger partial charge in [0.2, 0.25) is 0 Å². The van der Waals surface area contributed by atoms with Crippen LogP contribution in [0.2, 0.25) is 0 Å². The van der Waals surface area contributed by atoms with Crippen LogP contribution in [0.1, 0.15) is 29.8 Å². The first-order valence-electron chi connectivity index (χ1n) is 5.35. The topological polar surface area (TPSA) is 57.0 Å². The third-order valence-corrected chi connectivity index (χ3v) is 3.19. The third kappa shape index (κ3) is 2.80. The molecule has 0 radical (unpaired) electrons. The summed E-state index contributed by atoms with van der Waals surface area (Å²) in [7, 11) is 0. The molecule has 1 heterocycles. The van der Waals surface area contributed by atoms with Crippen LogP contribution < -0.4 is 0 Å². The second-order valence-corrected chi connectivity index (χ2v) is 4.70. The average molecular weight is 235 g/mol. The zero-order valence-corrected chi connectivity index (χ0v) is 9.74. The number of thiazole rings is 1. The maximum absolute atomic E-state index is 12.0. The molecule has 0 atom stereocenters. The Balaban J connectivity index is 1.99. The van der Waals surface area contributed by atoms with E-state index in [1.54, 1.807) is 15.8 Å². The highest BCUT2D eigenvalue weighted by molar-refractivity contribution is 7.07. The molecular weight excluding hydrogens is 222 g/mol. The van der Waals surface area contributed by atoms with Gasteiger partial charge in [-0.15, -0.1) is 11.3 Å². The van der Waals surface area contributed by atoms with Gasteiger partial charge in [0.05, 0.1) is 18.0 Å². The van der Waals surface area contributed by atoms with Gasteiger partial charge < -0.3 is 4.90 Å². The molecule has 0 aromatic carbocycles. The molecule has 84 valence electrons. The Morgan fingerprint density at radius 3 is 3.06 bits per heavy atom. The minimum atomic E-state index is -0.0385. The largest absolute Gasteiger partial charge is 0.336 e. The molecule has 5 heteroatoms. The molecule has 0 N–H and O–H groups in total. The van der Waals surface area contributed by atoms with Crippen LogP contribution in [0.4, 0.5) is 0 Å². The summed E-state index contributed by atoms with van der Waals surface area (Å²) < 4.78 is 0. The summed E-state index contributed by atoms with van der Waals surface area (Å²) in [6.45, 7) is 1.29. The van der Waals surface area contributed by atoms with Gasteiger partial charge in [-0.25, -0.2) is 4.98 Å².